The number of aliphatic imine (C=N–C) groups is 1. The first-order valence-corrected chi connectivity index (χ1v) is 12.2. The number of hydrogen-bond acceptors (Lipinski definition) is 4. The molecule has 0 radical (unpaired) electrons. The minimum absolute atomic E-state index is 0.00716. The van der Waals surface area contributed by atoms with E-state index in [1.807, 2.05) is 0 Å². The highest BCUT2D eigenvalue weighted by Gasteiger charge is 2.30. The summed E-state index contributed by atoms with van der Waals surface area (Å²) in [6.07, 6.45) is 8.22. The first kappa shape index (κ1) is 26.2. The summed E-state index contributed by atoms with van der Waals surface area (Å²) in [7, 11) is 0. The minimum atomic E-state index is -3.00. The first-order valence-electron chi connectivity index (χ1n) is 12.2. The Kier molecular flexibility index (Phi) is 8.11. The number of ether oxygens (including phenoxy) is 1. The number of nitrogens with zero attached hydrogens (tertiary/aromatic N) is 1. The Labute approximate surface area is 213 Å². The lowest BCUT2D eigenvalue weighted by Gasteiger charge is -2.12. The van der Waals surface area contributed by atoms with Crippen molar-refractivity contribution in [2.45, 2.75) is 51.4 Å². The molecule has 2 aromatic carbocycles. The molecule has 1 fully saturated rings. The lowest BCUT2D eigenvalue weighted by Crippen LogP contribution is -2.25. The average Bonchev–Trinajstić information content (AvgIpc) is 3.69. The van der Waals surface area contributed by atoms with Gasteiger partial charge in [-0.15, -0.1) is 0 Å². The van der Waals surface area contributed by atoms with Crippen LogP contribution < -0.4 is 15.4 Å². The molecule has 0 aromatic heterocycles. The zero-order chi connectivity index (χ0) is 26.4. The van der Waals surface area contributed by atoms with E-state index in [9.17, 15) is 22.8 Å². The molecule has 2 aliphatic rings. The number of benzene rings is 2. The van der Waals surface area contributed by atoms with Gasteiger partial charge in [0.2, 0.25) is 17.7 Å². The third-order valence-corrected chi connectivity index (χ3v) is 5.91. The summed E-state index contributed by atoms with van der Waals surface area (Å²) in [5, 5.41) is 5.49. The number of hydrogen-bond donors (Lipinski definition) is 2. The molecule has 2 amide bonds. The van der Waals surface area contributed by atoms with E-state index in [1.165, 1.54) is 30.3 Å². The number of aryl methyl sites for hydroxylation is 1. The van der Waals surface area contributed by atoms with Crippen molar-refractivity contribution in [2.24, 2.45) is 10.9 Å². The van der Waals surface area contributed by atoms with E-state index in [-0.39, 0.29) is 41.4 Å². The SMILES string of the molecule is CC(F)(F)c1cccc(NC(=O)CCCc2ccc(OC3=NC=CCC(NC(=O)C4CC4)=C3)c(F)c2)c1. The molecule has 0 spiro atoms. The molecule has 6 nitrogen and oxygen atoms in total. The summed E-state index contributed by atoms with van der Waals surface area (Å²) in [5.74, 6) is -3.70. The lowest BCUT2D eigenvalue weighted by molar-refractivity contribution is -0.121. The number of halogens is 3. The van der Waals surface area contributed by atoms with Crippen LogP contribution in [0.3, 0.4) is 0 Å². The number of amides is 2. The van der Waals surface area contributed by atoms with E-state index in [2.05, 4.69) is 15.6 Å². The van der Waals surface area contributed by atoms with Crippen LogP contribution in [0.4, 0.5) is 18.9 Å². The third-order valence-electron chi connectivity index (χ3n) is 5.91. The van der Waals surface area contributed by atoms with Crippen LogP contribution in [0.15, 0.2) is 71.5 Å². The van der Waals surface area contributed by atoms with Crippen LogP contribution in [0.25, 0.3) is 0 Å². The van der Waals surface area contributed by atoms with Crippen molar-refractivity contribution in [2.75, 3.05) is 5.32 Å². The fraction of sp³-hybridized carbons (Fsp3) is 0.321. The molecule has 9 heteroatoms. The average molecular weight is 512 g/mol. The smallest absolute Gasteiger partial charge is 0.270 e. The summed E-state index contributed by atoms with van der Waals surface area (Å²) in [6.45, 7) is 0.799. The Hall–Kier alpha value is -3.88. The van der Waals surface area contributed by atoms with E-state index in [0.29, 0.717) is 36.2 Å². The predicted molar refractivity (Wildman–Crippen MR) is 135 cm³/mol. The van der Waals surface area contributed by atoms with Gasteiger partial charge in [-0.05, 0) is 55.5 Å². The minimum Gasteiger partial charge on any atom is -0.436 e. The molecule has 2 aromatic rings. The van der Waals surface area contributed by atoms with Crippen LogP contribution >= 0.6 is 0 Å². The summed E-state index contributed by atoms with van der Waals surface area (Å²) < 4.78 is 47.3. The van der Waals surface area contributed by atoms with Crippen molar-refractivity contribution in [1.82, 2.24) is 5.32 Å². The monoisotopic (exact) mass is 511 g/mol. The molecule has 1 aliphatic carbocycles. The number of carbonyl (C=O) groups is 2. The van der Waals surface area contributed by atoms with Crippen molar-refractivity contribution < 1.29 is 27.5 Å². The molecule has 1 aliphatic heterocycles. The van der Waals surface area contributed by atoms with Gasteiger partial charge in [0.05, 0.1) is 0 Å². The van der Waals surface area contributed by atoms with Crippen LogP contribution in [0.2, 0.25) is 0 Å². The molecule has 37 heavy (non-hydrogen) atoms. The zero-order valence-electron chi connectivity index (χ0n) is 20.4. The van der Waals surface area contributed by atoms with Gasteiger partial charge in [-0.3, -0.25) is 9.59 Å². The van der Waals surface area contributed by atoms with Crippen LogP contribution in [-0.4, -0.2) is 17.7 Å². The highest BCUT2D eigenvalue weighted by atomic mass is 19.3. The van der Waals surface area contributed by atoms with Gasteiger partial charge in [-0.25, -0.2) is 18.2 Å². The molecular formula is C28H28F3N3O3. The van der Waals surface area contributed by atoms with Crippen molar-refractivity contribution in [1.29, 1.82) is 0 Å². The van der Waals surface area contributed by atoms with E-state index >= 15 is 0 Å². The number of anilines is 1. The molecule has 4 rings (SSSR count). The Morgan fingerprint density at radius 1 is 1.14 bits per heavy atom. The van der Waals surface area contributed by atoms with Gasteiger partial charge >= 0.3 is 0 Å². The molecule has 194 valence electrons. The summed E-state index contributed by atoms with van der Waals surface area (Å²) in [5.41, 5.74) is 1.44. The molecule has 0 bridgehead atoms. The van der Waals surface area contributed by atoms with Gasteiger partial charge in [0.15, 0.2) is 11.6 Å². The van der Waals surface area contributed by atoms with Crippen molar-refractivity contribution in [3.8, 4) is 5.75 Å². The quantitative estimate of drug-likeness (QED) is 0.433. The van der Waals surface area contributed by atoms with E-state index in [1.54, 1.807) is 30.5 Å². The van der Waals surface area contributed by atoms with Gasteiger partial charge in [0, 0.05) is 54.9 Å². The van der Waals surface area contributed by atoms with Crippen molar-refractivity contribution >= 4 is 23.4 Å². The number of rotatable bonds is 9. The topological polar surface area (TPSA) is 79.8 Å². The van der Waals surface area contributed by atoms with E-state index in [4.69, 9.17) is 4.74 Å². The van der Waals surface area contributed by atoms with Crippen LogP contribution in [0.5, 0.6) is 5.75 Å². The summed E-state index contributed by atoms with van der Waals surface area (Å²) in [4.78, 5) is 28.4. The second-order valence-electron chi connectivity index (χ2n) is 9.23. The Bertz CT molecular complexity index is 1260. The lowest BCUT2D eigenvalue weighted by atomic mass is 10.1. The van der Waals surface area contributed by atoms with Crippen LogP contribution in [-0.2, 0) is 21.9 Å². The maximum atomic E-state index is 14.7. The normalized spacial score (nSPS) is 15.4. The highest BCUT2D eigenvalue weighted by Crippen LogP contribution is 2.30. The van der Waals surface area contributed by atoms with Crippen LogP contribution in [0.1, 0.15) is 50.2 Å². The molecule has 0 saturated heterocycles. The zero-order valence-corrected chi connectivity index (χ0v) is 20.4. The van der Waals surface area contributed by atoms with E-state index in [0.717, 1.165) is 19.8 Å². The fourth-order valence-electron chi connectivity index (χ4n) is 3.74. The molecule has 0 unspecified atom stereocenters. The maximum absolute atomic E-state index is 14.7. The standard InChI is InChI=1S/C28H28F3N3O3/c1-28(30,31)20-6-3-7-21(16-20)33-25(35)9-2-5-18-10-13-24(23(29)15-18)37-26-17-22(8-4-14-32-26)34-27(36)19-11-12-19/h3-4,6-7,10,13-17,19H,2,5,8-9,11-12H2,1H3,(H,33,35)(H,34,36). The molecule has 2 N–H and O–H groups in total. The Balaban J connectivity index is 1.28. The van der Waals surface area contributed by atoms with Crippen LogP contribution in [0, 0.1) is 11.7 Å². The highest BCUT2D eigenvalue weighted by molar-refractivity contribution is 5.92. The largest absolute Gasteiger partial charge is 0.436 e. The van der Waals surface area contributed by atoms with E-state index < -0.39 is 11.7 Å². The number of allylic oxidation sites excluding steroid dienone is 1. The first-order chi connectivity index (χ1) is 17.7. The maximum Gasteiger partial charge on any atom is 0.270 e. The second-order valence-corrected chi connectivity index (χ2v) is 9.23. The van der Waals surface area contributed by atoms with Gasteiger partial charge in [-0.2, -0.15) is 0 Å². The number of carbonyl (C=O) groups excluding carboxylic acids is 2. The van der Waals surface area contributed by atoms with Gasteiger partial charge < -0.3 is 15.4 Å². The van der Waals surface area contributed by atoms with Gasteiger partial charge in [-0.1, -0.05) is 24.3 Å². The van der Waals surface area contributed by atoms with Crippen molar-refractivity contribution in [3.63, 3.8) is 0 Å². The number of nitrogens with one attached hydrogen (secondary N) is 2. The third kappa shape index (κ3) is 7.80. The van der Waals surface area contributed by atoms with Gasteiger partial charge in [0.1, 0.15) is 0 Å². The van der Waals surface area contributed by atoms with Gasteiger partial charge in [0.25, 0.3) is 5.92 Å². The molecular weight excluding hydrogens is 483 g/mol. The molecule has 1 saturated carbocycles. The summed E-state index contributed by atoms with van der Waals surface area (Å²) >= 11 is 0. The predicted octanol–water partition coefficient (Wildman–Crippen LogP) is 6.00. The molecule has 0 atom stereocenters. The second kappa shape index (κ2) is 11.5. The fourth-order valence-corrected chi connectivity index (χ4v) is 3.74. The Morgan fingerprint density at radius 2 is 1.95 bits per heavy atom. The molecule has 1 heterocycles. The Morgan fingerprint density at radius 3 is 2.68 bits per heavy atom. The van der Waals surface area contributed by atoms with Crippen molar-refractivity contribution in [3.05, 3.63) is 83.5 Å². The summed E-state index contributed by atoms with van der Waals surface area (Å²) in [6, 6.07) is 10.1. The number of alkyl halides is 2.